The molecule has 0 aliphatic carbocycles. The number of nitrogens with two attached hydrogens (primary N) is 1. The third-order valence-corrected chi connectivity index (χ3v) is 1.81. The number of hydrogen-bond donors (Lipinski definition) is 2. The van der Waals surface area contributed by atoms with E-state index < -0.39 is 0 Å². The summed E-state index contributed by atoms with van der Waals surface area (Å²) >= 11 is 0. The molecule has 0 aromatic heterocycles. The number of hydrogen-bond acceptors (Lipinski definition) is 2. The van der Waals surface area contributed by atoms with E-state index in [0.29, 0.717) is 12.3 Å². The summed E-state index contributed by atoms with van der Waals surface area (Å²) in [6.45, 7) is 2.64. The second-order valence-electron chi connectivity index (χ2n) is 3.04. The molecular formula is C11H15NO. The zero-order valence-corrected chi connectivity index (χ0v) is 7.83. The van der Waals surface area contributed by atoms with Crippen LogP contribution in [-0.4, -0.2) is 11.7 Å². The Morgan fingerprint density at radius 2 is 2.23 bits per heavy atom. The van der Waals surface area contributed by atoms with Gasteiger partial charge in [0.15, 0.2) is 0 Å². The summed E-state index contributed by atoms with van der Waals surface area (Å²) in [7, 11) is 0. The van der Waals surface area contributed by atoms with Gasteiger partial charge >= 0.3 is 0 Å². The molecule has 0 unspecified atom stereocenters. The van der Waals surface area contributed by atoms with Crippen LogP contribution in [0.5, 0.6) is 5.75 Å². The lowest BCUT2D eigenvalue weighted by atomic mass is 10.1. The molecular weight excluding hydrogens is 162 g/mol. The Morgan fingerprint density at radius 3 is 2.92 bits per heavy atom. The summed E-state index contributed by atoms with van der Waals surface area (Å²) < 4.78 is 0. The van der Waals surface area contributed by atoms with Gasteiger partial charge in [0.25, 0.3) is 0 Å². The molecule has 0 spiro atoms. The second kappa shape index (κ2) is 4.67. The molecule has 0 bridgehead atoms. The van der Waals surface area contributed by atoms with E-state index in [1.807, 2.05) is 31.2 Å². The van der Waals surface area contributed by atoms with Gasteiger partial charge in [-0.05, 0) is 32.0 Å². The Labute approximate surface area is 78.7 Å². The molecule has 1 aromatic rings. The van der Waals surface area contributed by atoms with E-state index in [1.54, 1.807) is 6.07 Å². The number of rotatable bonds is 3. The highest BCUT2D eigenvalue weighted by Crippen LogP contribution is 2.19. The molecule has 13 heavy (non-hydrogen) atoms. The predicted octanol–water partition coefficient (Wildman–Crippen LogP) is 2.06. The molecule has 1 rings (SSSR count). The third-order valence-electron chi connectivity index (χ3n) is 1.81. The molecule has 3 N–H and O–H groups in total. The van der Waals surface area contributed by atoms with Crippen molar-refractivity contribution in [2.45, 2.75) is 13.3 Å². The summed E-state index contributed by atoms with van der Waals surface area (Å²) in [5, 5.41) is 9.45. The van der Waals surface area contributed by atoms with Crippen molar-refractivity contribution in [3.63, 3.8) is 0 Å². The van der Waals surface area contributed by atoms with Gasteiger partial charge in [-0.15, -0.1) is 0 Å². The highest BCUT2D eigenvalue weighted by atomic mass is 16.3. The van der Waals surface area contributed by atoms with Crippen molar-refractivity contribution in [3.05, 3.63) is 35.4 Å². The first-order valence-corrected chi connectivity index (χ1v) is 4.40. The lowest BCUT2D eigenvalue weighted by molar-refractivity contribution is 0.474. The smallest absolute Gasteiger partial charge is 0.122 e. The molecule has 1 aromatic carbocycles. The Hall–Kier alpha value is -1.28. The van der Waals surface area contributed by atoms with E-state index in [2.05, 4.69) is 0 Å². The topological polar surface area (TPSA) is 46.2 Å². The van der Waals surface area contributed by atoms with Crippen LogP contribution in [0.25, 0.3) is 6.08 Å². The largest absolute Gasteiger partial charge is 0.507 e. The van der Waals surface area contributed by atoms with Gasteiger partial charge in [0.2, 0.25) is 0 Å². The molecule has 0 radical (unpaired) electrons. The number of benzene rings is 1. The van der Waals surface area contributed by atoms with Crippen LogP contribution in [0, 0.1) is 6.92 Å². The molecule has 0 aliphatic rings. The lowest BCUT2D eigenvalue weighted by Crippen LogP contribution is -1.94. The molecule has 0 fully saturated rings. The summed E-state index contributed by atoms with van der Waals surface area (Å²) in [5.74, 6) is 0.318. The Morgan fingerprint density at radius 1 is 1.46 bits per heavy atom. The van der Waals surface area contributed by atoms with Crippen molar-refractivity contribution in [1.82, 2.24) is 0 Å². The molecule has 2 heteroatoms. The molecule has 0 saturated carbocycles. The molecule has 70 valence electrons. The maximum absolute atomic E-state index is 9.45. The average Bonchev–Trinajstić information content (AvgIpc) is 2.11. The Kier molecular flexibility index (Phi) is 3.53. The van der Waals surface area contributed by atoms with Gasteiger partial charge in [0, 0.05) is 5.56 Å². The normalized spacial score (nSPS) is 10.9. The van der Waals surface area contributed by atoms with Crippen molar-refractivity contribution in [1.29, 1.82) is 0 Å². The van der Waals surface area contributed by atoms with Crippen molar-refractivity contribution in [3.8, 4) is 5.75 Å². The minimum Gasteiger partial charge on any atom is -0.507 e. The summed E-state index contributed by atoms with van der Waals surface area (Å²) in [6, 6.07) is 5.54. The van der Waals surface area contributed by atoms with Crippen LogP contribution in [-0.2, 0) is 0 Å². The van der Waals surface area contributed by atoms with Crippen LogP contribution in [0.15, 0.2) is 24.3 Å². The van der Waals surface area contributed by atoms with Crippen LogP contribution in [0.1, 0.15) is 17.5 Å². The molecule has 0 atom stereocenters. The first-order valence-electron chi connectivity index (χ1n) is 4.40. The lowest BCUT2D eigenvalue weighted by Gasteiger charge is -1.99. The predicted molar refractivity (Wildman–Crippen MR) is 55.5 cm³/mol. The quantitative estimate of drug-likeness (QED) is 0.742. The van der Waals surface area contributed by atoms with E-state index >= 15 is 0 Å². The first kappa shape index (κ1) is 9.81. The number of aryl methyl sites for hydroxylation is 1. The van der Waals surface area contributed by atoms with Crippen molar-refractivity contribution < 1.29 is 5.11 Å². The zero-order chi connectivity index (χ0) is 9.68. The standard InChI is InChI=1S/C11H15NO/c1-9-5-6-11(13)10(8-9)4-2-3-7-12/h2,4-6,8,13H,3,7,12H2,1H3. The fourth-order valence-electron chi connectivity index (χ4n) is 1.11. The number of aromatic hydroxyl groups is 1. The molecule has 0 aliphatic heterocycles. The van der Waals surface area contributed by atoms with Crippen LogP contribution >= 0.6 is 0 Å². The van der Waals surface area contributed by atoms with E-state index in [9.17, 15) is 5.11 Å². The Bertz CT molecular complexity index is 305. The maximum atomic E-state index is 9.45. The van der Waals surface area contributed by atoms with Gasteiger partial charge in [-0.1, -0.05) is 23.8 Å². The van der Waals surface area contributed by atoms with Crippen molar-refractivity contribution in [2.75, 3.05) is 6.54 Å². The molecule has 0 saturated heterocycles. The van der Waals surface area contributed by atoms with Crippen molar-refractivity contribution in [2.24, 2.45) is 5.73 Å². The second-order valence-corrected chi connectivity index (χ2v) is 3.04. The molecule has 2 nitrogen and oxygen atoms in total. The fourth-order valence-corrected chi connectivity index (χ4v) is 1.11. The summed E-state index contributed by atoms with van der Waals surface area (Å²) in [5.41, 5.74) is 7.35. The fraction of sp³-hybridized carbons (Fsp3) is 0.273. The van der Waals surface area contributed by atoms with Crippen LogP contribution in [0.2, 0.25) is 0 Å². The van der Waals surface area contributed by atoms with E-state index in [-0.39, 0.29) is 0 Å². The van der Waals surface area contributed by atoms with Gasteiger partial charge in [0.05, 0.1) is 0 Å². The van der Waals surface area contributed by atoms with Crippen LogP contribution < -0.4 is 5.73 Å². The van der Waals surface area contributed by atoms with Crippen LogP contribution in [0.3, 0.4) is 0 Å². The van der Waals surface area contributed by atoms with E-state index in [0.717, 1.165) is 17.5 Å². The minimum atomic E-state index is 0.318. The van der Waals surface area contributed by atoms with Gasteiger partial charge in [-0.2, -0.15) is 0 Å². The van der Waals surface area contributed by atoms with Gasteiger partial charge in [-0.3, -0.25) is 0 Å². The minimum absolute atomic E-state index is 0.318. The Balaban J connectivity index is 2.81. The summed E-state index contributed by atoms with van der Waals surface area (Å²) in [6.07, 6.45) is 4.71. The highest BCUT2D eigenvalue weighted by molar-refractivity contribution is 5.57. The van der Waals surface area contributed by atoms with E-state index in [4.69, 9.17) is 5.73 Å². The zero-order valence-electron chi connectivity index (χ0n) is 7.83. The monoisotopic (exact) mass is 177 g/mol. The SMILES string of the molecule is Cc1ccc(O)c(C=CCCN)c1. The maximum Gasteiger partial charge on any atom is 0.122 e. The number of phenolic OH excluding ortho intramolecular Hbond substituents is 1. The average molecular weight is 177 g/mol. The summed E-state index contributed by atoms with van der Waals surface area (Å²) in [4.78, 5) is 0. The van der Waals surface area contributed by atoms with Gasteiger partial charge < -0.3 is 10.8 Å². The van der Waals surface area contributed by atoms with Crippen LogP contribution in [0.4, 0.5) is 0 Å². The molecule has 0 amide bonds. The van der Waals surface area contributed by atoms with E-state index in [1.165, 1.54) is 0 Å². The number of phenols is 1. The van der Waals surface area contributed by atoms with Gasteiger partial charge in [0.1, 0.15) is 5.75 Å². The first-order chi connectivity index (χ1) is 6.24. The third kappa shape index (κ3) is 2.92. The van der Waals surface area contributed by atoms with Crippen molar-refractivity contribution >= 4 is 6.08 Å². The van der Waals surface area contributed by atoms with Gasteiger partial charge in [-0.25, -0.2) is 0 Å². The highest BCUT2D eigenvalue weighted by Gasteiger charge is 1.95. The molecule has 0 heterocycles.